The molecule has 0 amide bonds. The number of aromatic amines is 2. The van der Waals surface area contributed by atoms with E-state index < -0.39 is 0 Å². The predicted molar refractivity (Wildman–Crippen MR) is 598 cm³/mol. The molecule has 21 rings (SSSR count). The largest absolute Gasteiger partial charge is 0.488 e. The van der Waals surface area contributed by atoms with Gasteiger partial charge >= 0.3 is 12.0 Å². The van der Waals surface area contributed by atoms with Crippen LogP contribution < -0.4 is 71.0 Å². The molecule has 14 heterocycles. The van der Waals surface area contributed by atoms with Gasteiger partial charge in [0.05, 0.1) is 90.1 Å². The fourth-order valence-corrected chi connectivity index (χ4v) is 17.4. The van der Waals surface area contributed by atoms with Crippen molar-refractivity contribution >= 4 is 128 Å². The highest BCUT2D eigenvalue weighted by atomic mass is 32.2. The molecule has 16 aromatic rings. The number of nitrogens with zero attached hydrogens (tertiary/aromatic N) is 21. The maximum absolute atomic E-state index is 5.86. The molecule has 9 aromatic heterocycles. The fraction of sp³-hybridized carbons (Fsp3) is 0.286. The third kappa shape index (κ3) is 31.0. The number of unbranched alkanes of at least 4 members (excludes halogenated alkanes) is 1. The molecular formula is C112H125N29O7S. The molecule has 5 fully saturated rings. The second-order valence-corrected chi connectivity index (χ2v) is 36.7. The SMILES string of the molecule is CCCCNc1nc(N/N=C/c2c[nH]c3ccccc23)cc(N2CCOCC2)n1.Cc1[nH]c2ccc(Nc3cc(N4CCOCC4)nc(OCCOc4cccnc4)n3)cc2c1C.Cc1cccc(/C=N/Nc2cc(N3CCOCC3)nc(Oc3cccnc3)n2)c1.Cc1cccc(/C=N/Nc2cc(N3CCSCC3)nc(-c3ccccc3)n2)c1.Cc1cccc(/C=N/Nc2nc(-c3ccccc3)nc(N3CCOCC3)c2C)c1. The van der Waals surface area contributed by atoms with Crippen LogP contribution in [0.25, 0.3) is 44.6 Å². The first-order valence-corrected chi connectivity index (χ1v) is 51.3. The Kier molecular flexibility index (Phi) is 37.6. The van der Waals surface area contributed by atoms with Gasteiger partial charge in [-0.3, -0.25) is 31.7 Å². The summed E-state index contributed by atoms with van der Waals surface area (Å²) in [6.45, 7) is 30.0. The highest BCUT2D eigenvalue weighted by molar-refractivity contribution is 7.99. The number of hydrogen-bond acceptors (Lipinski definition) is 35. The number of hydrazone groups is 4. The zero-order chi connectivity index (χ0) is 102. The van der Waals surface area contributed by atoms with Crippen molar-refractivity contribution in [3.8, 4) is 46.3 Å². The van der Waals surface area contributed by atoms with Gasteiger partial charge in [0.1, 0.15) is 59.6 Å². The van der Waals surface area contributed by atoms with Gasteiger partial charge in [-0.1, -0.05) is 182 Å². The van der Waals surface area contributed by atoms with Crippen LogP contribution in [-0.2, 0) is 18.9 Å². The van der Waals surface area contributed by atoms with Gasteiger partial charge in [0, 0.05) is 182 Å². The molecule has 0 bridgehead atoms. The van der Waals surface area contributed by atoms with Gasteiger partial charge in [0.2, 0.25) is 5.95 Å². The molecule has 0 aliphatic carbocycles. The number of thioether (sulfide) groups is 1. The molecule has 8 N–H and O–H groups in total. The first-order valence-electron chi connectivity index (χ1n) is 50.2. The van der Waals surface area contributed by atoms with Crippen molar-refractivity contribution in [1.29, 1.82) is 0 Å². The van der Waals surface area contributed by atoms with Crippen LogP contribution in [0.2, 0.25) is 0 Å². The lowest BCUT2D eigenvalue weighted by Crippen LogP contribution is -2.37. The first kappa shape index (κ1) is 104. The summed E-state index contributed by atoms with van der Waals surface area (Å²) >= 11 is 1.99. The quantitative estimate of drug-likeness (QED) is 0.0110. The highest BCUT2D eigenvalue weighted by Gasteiger charge is 2.25. The number of benzene rings is 7. The molecule has 0 unspecified atom stereocenters. The van der Waals surface area contributed by atoms with Gasteiger partial charge < -0.3 is 78.3 Å². The smallest absolute Gasteiger partial charge is 0.326 e. The van der Waals surface area contributed by atoms with E-state index in [9.17, 15) is 0 Å². The lowest BCUT2D eigenvalue weighted by molar-refractivity contribution is 0.122. The molecule has 5 aliphatic rings. The van der Waals surface area contributed by atoms with Crippen molar-refractivity contribution < 1.29 is 33.2 Å². The summed E-state index contributed by atoms with van der Waals surface area (Å²) in [5.74, 6) is 13.1. The second kappa shape index (κ2) is 54.0. The molecule has 766 valence electrons. The summed E-state index contributed by atoms with van der Waals surface area (Å²) in [6, 6.07) is 74.6. The van der Waals surface area contributed by atoms with Crippen LogP contribution in [-0.4, -0.2) is 244 Å². The van der Waals surface area contributed by atoms with Gasteiger partial charge in [-0.05, 0) is 119 Å². The van der Waals surface area contributed by atoms with E-state index in [1.807, 2.05) is 208 Å². The summed E-state index contributed by atoms with van der Waals surface area (Å²) in [5, 5.41) is 26.6. The molecule has 0 radical (unpaired) electrons. The van der Waals surface area contributed by atoms with E-state index in [0.717, 1.165) is 186 Å². The summed E-state index contributed by atoms with van der Waals surface area (Å²) in [4.78, 5) is 72.4. The van der Waals surface area contributed by atoms with Gasteiger partial charge in [0.15, 0.2) is 34.9 Å². The van der Waals surface area contributed by atoms with Crippen molar-refractivity contribution in [3.05, 3.63) is 311 Å². The van der Waals surface area contributed by atoms with Crippen molar-refractivity contribution in [2.45, 2.75) is 61.3 Å². The van der Waals surface area contributed by atoms with E-state index >= 15 is 0 Å². The van der Waals surface area contributed by atoms with Gasteiger partial charge in [-0.15, -0.1) is 0 Å². The topological polar surface area (TPSA) is 389 Å². The van der Waals surface area contributed by atoms with Crippen LogP contribution in [0.4, 0.5) is 69.8 Å². The van der Waals surface area contributed by atoms with E-state index in [1.165, 1.54) is 33.3 Å². The summed E-state index contributed by atoms with van der Waals surface area (Å²) in [6.07, 6.45) is 18.0. The van der Waals surface area contributed by atoms with E-state index in [-0.39, 0.29) is 6.01 Å². The minimum Gasteiger partial charge on any atom is -0.488 e. The average molecular weight is 2020 g/mol. The van der Waals surface area contributed by atoms with Crippen LogP contribution >= 0.6 is 11.8 Å². The van der Waals surface area contributed by atoms with Crippen LogP contribution in [0.3, 0.4) is 0 Å². The molecule has 7 aromatic carbocycles. The number of aryl methyl sites for hydroxylation is 5. The third-order valence-electron chi connectivity index (χ3n) is 24.4. The lowest BCUT2D eigenvalue weighted by Gasteiger charge is -2.29. The number of anilines is 12. The molecule has 0 spiro atoms. The molecule has 0 atom stereocenters. The monoisotopic (exact) mass is 2020 g/mol. The second-order valence-electron chi connectivity index (χ2n) is 35.5. The minimum atomic E-state index is 0.232. The maximum Gasteiger partial charge on any atom is 0.326 e. The van der Waals surface area contributed by atoms with E-state index in [0.29, 0.717) is 130 Å². The Bertz CT molecular complexity index is 7090. The van der Waals surface area contributed by atoms with E-state index in [2.05, 4.69) is 215 Å². The maximum atomic E-state index is 5.86. The molecule has 37 heteroatoms. The zero-order valence-corrected chi connectivity index (χ0v) is 85.7. The normalized spacial score (nSPS) is 14.2. The molecule has 5 saturated heterocycles. The Morgan fingerprint density at radius 2 is 0.899 bits per heavy atom. The standard InChI is InChI=1S/C25H28N6O3.C23H25N5O.C22H23N5S.C21H27N7O.C21H22N6O2/c1-17-18(2)27-22-6-5-19(14-21(17)22)28-23-15-24(31-8-10-32-11-9-31)30-25(29-23)34-13-12-33-20-4-3-7-26-16-20;1-17-7-6-8-19(15-17)16-24-27-21-18(2)23(28-11-13-29-14-12-28)26-22(25-21)20-9-4-3-5-10-20;1-17-6-5-7-18(14-17)16-23-26-20-15-21(27-10-12-28-13-11-27)25-22(24-20)19-8-3-2-4-9-19;1-2-3-8-22-21-25-19(13-20(26-21)28-9-11-29-12-10-28)27-24-15-16-14-23-18-7-5-4-6-17(16)18;1-16-4-2-5-17(12-16)14-23-26-19-13-20(27-8-10-28-11-9-27)25-21(24-19)29-18-6-3-7-22-15-18/h3-7,14-16,27H,8-13H2,1-2H3,(H,28,29,30);3-10,15-16H,11-14H2,1-2H3,(H,25,26,27);2-9,14-16H,10-13H2,1H3,(H,24,25,26);4-7,13-15,23H,2-3,8-12H2,1H3,(H2,22,25,26,27);2-7,12-15H,8-11H2,1H3,(H,24,25,26)/b;24-16+;23-16+;24-15+;23-14+. The number of morpholine rings is 4. The number of ether oxygens (including phenoxy) is 7. The Morgan fingerprint density at radius 3 is 1.48 bits per heavy atom. The summed E-state index contributed by atoms with van der Waals surface area (Å²) in [7, 11) is 0. The lowest BCUT2D eigenvalue weighted by atomic mass is 10.1. The van der Waals surface area contributed by atoms with Crippen molar-refractivity contribution in [3.63, 3.8) is 0 Å². The Morgan fingerprint density at radius 1 is 0.403 bits per heavy atom. The number of fused-ring (bicyclic) bond motifs is 2. The number of aromatic nitrogens is 14. The average Bonchev–Trinajstić information content (AvgIpc) is 0.854. The van der Waals surface area contributed by atoms with Crippen molar-refractivity contribution in [1.82, 2.24) is 69.8 Å². The van der Waals surface area contributed by atoms with E-state index in [1.54, 1.807) is 49.3 Å². The highest BCUT2D eigenvalue weighted by Crippen LogP contribution is 2.34. The Labute approximate surface area is 871 Å². The minimum absolute atomic E-state index is 0.232. The van der Waals surface area contributed by atoms with E-state index in [4.69, 9.17) is 48.1 Å². The number of para-hydroxylation sites is 1. The number of pyridine rings is 2. The van der Waals surface area contributed by atoms with Crippen molar-refractivity contribution in [2.75, 3.05) is 206 Å². The summed E-state index contributed by atoms with van der Waals surface area (Å²) < 4.78 is 39.2. The summed E-state index contributed by atoms with van der Waals surface area (Å²) in [5.41, 5.74) is 28.5. The third-order valence-corrected chi connectivity index (χ3v) is 25.3. The van der Waals surface area contributed by atoms with Crippen molar-refractivity contribution in [2.24, 2.45) is 20.4 Å². The zero-order valence-electron chi connectivity index (χ0n) is 84.9. The van der Waals surface area contributed by atoms with Crippen LogP contribution in [0.15, 0.2) is 276 Å². The molecule has 149 heavy (non-hydrogen) atoms. The molecular weight excluding hydrogens is 1900 g/mol. The number of rotatable bonds is 32. The Balaban J connectivity index is 0.000000127. The fourth-order valence-electron chi connectivity index (χ4n) is 16.5. The first-order chi connectivity index (χ1) is 73.2. The number of nitrogens with one attached hydrogen (secondary N) is 8. The van der Waals surface area contributed by atoms with Crippen LogP contribution in [0, 0.1) is 41.5 Å². The molecule has 0 saturated carbocycles. The number of hydrogen-bond donors (Lipinski definition) is 8. The number of H-pyrrole nitrogens is 2. The van der Waals surface area contributed by atoms with Gasteiger partial charge in [-0.25, -0.2) is 19.9 Å². The van der Waals surface area contributed by atoms with Crippen LogP contribution in [0.1, 0.15) is 75.5 Å². The molecule has 5 aliphatic heterocycles. The molecule has 36 nitrogen and oxygen atoms in total. The Hall–Kier alpha value is -16.6. The van der Waals surface area contributed by atoms with Crippen LogP contribution in [0.5, 0.6) is 23.5 Å². The predicted octanol–water partition coefficient (Wildman–Crippen LogP) is 19.2. The van der Waals surface area contributed by atoms with Gasteiger partial charge in [-0.2, -0.15) is 62.1 Å². The van der Waals surface area contributed by atoms with Gasteiger partial charge in [0.25, 0.3) is 0 Å².